The normalized spacial score (nSPS) is 10.9. The molecule has 1 heterocycles. The van der Waals surface area contributed by atoms with E-state index in [4.69, 9.17) is 0 Å². The van der Waals surface area contributed by atoms with Crippen LogP contribution in [-0.2, 0) is 10.0 Å². The van der Waals surface area contributed by atoms with E-state index in [1.54, 1.807) is 7.05 Å². The third kappa shape index (κ3) is 3.45. The highest BCUT2D eigenvalue weighted by Crippen LogP contribution is 2.20. The number of non-ortho nitro benzene ring substituents is 1. The molecule has 110 valence electrons. The summed E-state index contributed by atoms with van der Waals surface area (Å²) in [6.07, 6.45) is 1.37. The van der Waals surface area contributed by atoms with Crippen LogP contribution in [0.4, 0.5) is 17.2 Å². The molecule has 1 aromatic carbocycles. The molecule has 8 nitrogen and oxygen atoms in total. The summed E-state index contributed by atoms with van der Waals surface area (Å²) in [5.41, 5.74) is 0.128. The number of anilines is 2. The highest BCUT2D eigenvalue weighted by atomic mass is 32.2. The molecule has 0 atom stereocenters. The van der Waals surface area contributed by atoms with E-state index in [1.165, 1.54) is 42.6 Å². The smallest absolute Gasteiger partial charge is 0.269 e. The molecule has 0 aliphatic carbocycles. The third-order valence-electron chi connectivity index (χ3n) is 2.63. The van der Waals surface area contributed by atoms with Crippen molar-refractivity contribution >= 4 is 27.2 Å². The summed E-state index contributed by atoms with van der Waals surface area (Å²) in [5.74, 6) is 0.418. The van der Waals surface area contributed by atoms with Crippen LogP contribution in [0.15, 0.2) is 47.5 Å². The number of sulfonamides is 1. The van der Waals surface area contributed by atoms with Crippen molar-refractivity contribution in [2.24, 2.45) is 0 Å². The Kier molecular flexibility index (Phi) is 4.03. The first-order valence-electron chi connectivity index (χ1n) is 5.83. The van der Waals surface area contributed by atoms with Gasteiger partial charge in [-0.2, -0.15) is 0 Å². The number of nitro groups is 1. The summed E-state index contributed by atoms with van der Waals surface area (Å²) in [5, 5.41) is 13.3. The Morgan fingerprint density at radius 2 is 1.86 bits per heavy atom. The Morgan fingerprint density at radius 1 is 1.19 bits per heavy atom. The molecule has 0 radical (unpaired) electrons. The molecule has 0 aliphatic heterocycles. The fourth-order valence-corrected chi connectivity index (χ4v) is 2.65. The number of hydrogen-bond donors (Lipinski definition) is 2. The molecule has 2 N–H and O–H groups in total. The van der Waals surface area contributed by atoms with Crippen LogP contribution in [0, 0.1) is 10.1 Å². The zero-order chi connectivity index (χ0) is 15.5. The average molecular weight is 308 g/mol. The number of nitrogens with zero attached hydrogens (tertiary/aromatic N) is 2. The van der Waals surface area contributed by atoms with Crippen LogP contribution in [-0.4, -0.2) is 25.4 Å². The summed E-state index contributed by atoms with van der Waals surface area (Å²) in [7, 11) is -2.15. The van der Waals surface area contributed by atoms with E-state index in [1.807, 2.05) is 0 Å². The van der Waals surface area contributed by atoms with Gasteiger partial charge in [0.2, 0.25) is 0 Å². The summed E-state index contributed by atoms with van der Waals surface area (Å²) in [6.45, 7) is 0. The highest BCUT2D eigenvalue weighted by molar-refractivity contribution is 7.92. The van der Waals surface area contributed by atoms with Crippen molar-refractivity contribution in [2.75, 3.05) is 17.1 Å². The van der Waals surface area contributed by atoms with Gasteiger partial charge in [-0.1, -0.05) is 0 Å². The lowest BCUT2D eigenvalue weighted by molar-refractivity contribution is -0.384. The molecule has 0 amide bonds. The van der Waals surface area contributed by atoms with Gasteiger partial charge in [-0.05, 0) is 18.2 Å². The quantitative estimate of drug-likeness (QED) is 0.643. The summed E-state index contributed by atoms with van der Waals surface area (Å²) < 4.78 is 26.7. The molecule has 2 rings (SSSR count). The van der Waals surface area contributed by atoms with Gasteiger partial charge >= 0.3 is 0 Å². The van der Waals surface area contributed by atoms with Crippen LogP contribution in [0.2, 0.25) is 0 Å². The largest absolute Gasteiger partial charge is 0.373 e. The molecule has 0 fully saturated rings. The lowest BCUT2D eigenvalue weighted by Crippen LogP contribution is -2.13. The van der Waals surface area contributed by atoms with Gasteiger partial charge in [0.05, 0.1) is 9.82 Å². The van der Waals surface area contributed by atoms with E-state index >= 15 is 0 Å². The van der Waals surface area contributed by atoms with Crippen molar-refractivity contribution in [3.8, 4) is 0 Å². The molecule has 1 aromatic heterocycles. The Labute approximate surface area is 121 Å². The monoisotopic (exact) mass is 308 g/mol. The number of nitrogens with one attached hydrogen (secondary N) is 2. The number of aromatic nitrogens is 1. The van der Waals surface area contributed by atoms with Crippen LogP contribution in [0.1, 0.15) is 0 Å². The third-order valence-corrected chi connectivity index (χ3v) is 4.01. The number of hydrogen-bond acceptors (Lipinski definition) is 6. The summed E-state index contributed by atoms with van der Waals surface area (Å²) in [6, 6.07) is 7.85. The molecule has 0 spiro atoms. The van der Waals surface area contributed by atoms with E-state index in [-0.39, 0.29) is 16.3 Å². The van der Waals surface area contributed by atoms with Crippen molar-refractivity contribution in [2.45, 2.75) is 4.90 Å². The van der Waals surface area contributed by atoms with Crippen molar-refractivity contribution in [1.29, 1.82) is 0 Å². The highest BCUT2D eigenvalue weighted by Gasteiger charge is 2.15. The molecular weight excluding hydrogens is 296 g/mol. The topological polar surface area (TPSA) is 114 Å². The van der Waals surface area contributed by atoms with Crippen LogP contribution < -0.4 is 10.0 Å². The molecule has 0 aliphatic rings. The molecule has 0 bridgehead atoms. The molecule has 21 heavy (non-hydrogen) atoms. The summed E-state index contributed by atoms with van der Waals surface area (Å²) >= 11 is 0. The SMILES string of the molecule is CNc1cc(S(=O)(=O)Nc2ccc([N+](=O)[O-])cc2)ccn1. The number of pyridine rings is 1. The minimum Gasteiger partial charge on any atom is -0.373 e. The van der Waals surface area contributed by atoms with Crippen molar-refractivity contribution in [3.63, 3.8) is 0 Å². The first kappa shape index (κ1) is 14.7. The Morgan fingerprint density at radius 3 is 2.43 bits per heavy atom. The van der Waals surface area contributed by atoms with Gasteiger partial charge in [0.1, 0.15) is 5.82 Å². The average Bonchev–Trinajstić information content (AvgIpc) is 2.47. The zero-order valence-corrected chi connectivity index (χ0v) is 11.8. The zero-order valence-electron chi connectivity index (χ0n) is 11.0. The van der Waals surface area contributed by atoms with Crippen molar-refractivity contribution in [3.05, 3.63) is 52.7 Å². The second kappa shape index (κ2) is 5.75. The van der Waals surface area contributed by atoms with Crippen molar-refractivity contribution < 1.29 is 13.3 Å². The molecular formula is C12H12N4O4S. The number of nitro benzene ring substituents is 1. The first-order valence-corrected chi connectivity index (χ1v) is 7.32. The number of benzene rings is 1. The van der Waals surface area contributed by atoms with Gasteiger partial charge in [-0.15, -0.1) is 0 Å². The van der Waals surface area contributed by atoms with Crippen molar-refractivity contribution in [1.82, 2.24) is 4.98 Å². The van der Waals surface area contributed by atoms with E-state index in [9.17, 15) is 18.5 Å². The van der Waals surface area contributed by atoms with E-state index in [2.05, 4.69) is 15.0 Å². The fourth-order valence-electron chi connectivity index (χ4n) is 1.58. The maximum atomic E-state index is 12.2. The lowest BCUT2D eigenvalue weighted by atomic mass is 10.3. The minimum absolute atomic E-state index is 0.0419. The molecule has 9 heteroatoms. The first-order chi connectivity index (χ1) is 9.92. The van der Waals surface area contributed by atoms with Gasteiger partial charge in [0, 0.05) is 37.1 Å². The van der Waals surface area contributed by atoms with Gasteiger partial charge in [-0.3, -0.25) is 14.8 Å². The van der Waals surface area contributed by atoms with Crippen LogP contribution >= 0.6 is 0 Å². The minimum atomic E-state index is -3.78. The fraction of sp³-hybridized carbons (Fsp3) is 0.0833. The summed E-state index contributed by atoms with van der Waals surface area (Å²) in [4.78, 5) is 14.0. The second-order valence-electron chi connectivity index (χ2n) is 4.04. The lowest BCUT2D eigenvalue weighted by Gasteiger charge is -2.08. The standard InChI is InChI=1S/C12H12N4O4S/c1-13-12-8-11(6-7-14-12)21(19,20)15-9-2-4-10(5-3-9)16(17)18/h2-8,15H,1H3,(H,13,14). The maximum absolute atomic E-state index is 12.2. The molecule has 2 aromatic rings. The molecule has 0 saturated heterocycles. The van der Waals surface area contributed by atoms with E-state index in [0.717, 1.165) is 0 Å². The Hall–Kier alpha value is -2.68. The molecule has 0 unspecified atom stereocenters. The van der Waals surface area contributed by atoms with Crippen LogP contribution in [0.5, 0.6) is 0 Å². The van der Waals surface area contributed by atoms with Gasteiger partial charge in [0.15, 0.2) is 0 Å². The predicted octanol–water partition coefficient (Wildman–Crippen LogP) is 1.83. The van der Waals surface area contributed by atoms with Crippen LogP contribution in [0.3, 0.4) is 0 Å². The number of rotatable bonds is 5. The maximum Gasteiger partial charge on any atom is 0.269 e. The second-order valence-corrected chi connectivity index (χ2v) is 5.72. The van der Waals surface area contributed by atoms with Gasteiger partial charge in [0.25, 0.3) is 15.7 Å². The van der Waals surface area contributed by atoms with Gasteiger partial charge in [-0.25, -0.2) is 13.4 Å². The molecule has 0 saturated carbocycles. The Bertz CT molecular complexity index is 759. The van der Waals surface area contributed by atoms with E-state index < -0.39 is 14.9 Å². The Balaban J connectivity index is 2.26. The van der Waals surface area contributed by atoms with Gasteiger partial charge < -0.3 is 5.32 Å². The van der Waals surface area contributed by atoms with Crippen LogP contribution in [0.25, 0.3) is 0 Å². The predicted molar refractivity (Wildman–Crippen MR) is 77.7 cm³/mol. The van der Waals surface area contributed by atoms with E-state index in [0.29, 0.717) is 5.82 Å².